The molecule has 1 amide bonds. The van der Waals surface area contributed by atoms with Gasteiger partial charge in [-0.3, -0.25) is 14.5 Å². The molecule has 0 aliphatic carbocycles. The van der Waals surface area contributed by atoms with E-state index in [2.05, 4.69) is 17.1 Å². The standard InChI is InChI=1S/C34H48N2O5.C2HF3O2/c1-3-4-5-8-23-41-30-21-13-26(14-22-30)34(39)31(24-36-27-15-16-28(36)18-17-27)35-33(38)10-7-6-9-32(37)25-11-19-29(40-2)20-12-25;3-2(4,5)1(6)7/h11-14,19-22,27-28,31,34,39H,3-10,15-18,23-24H2,1-2H3,(H,35,38);(H,6,7)/t27?,28?,31-,34-;/m1./s1. The van der Waals surface area contributed by atoms with Crippen molar-refractivity contribution in [3.05, 3.63) is 59.7 Å². The molecule has 0 unspecified atom stereocenters. The Labute approximate surface area is 280 Å². The minimum atomic E-state index is -5.08. The molecule has 2 atom stereocenters. The van der Waals surface area contributed by atoms with Crippen molar-refractivity contribution >= 4 is 17.7 Å². The topological polar surface area (TPSA) is 125 Å². The van der Waals surface area contributed by atoms with Crippen LogP contribution in [0, 0.1) is 0 Å². The van der Waals surface area contributed by atoms with E-state index in [9.17, 15) is 27.9 Å². The number of ketones is 1. The van der Waals surface area contributed by atoms with Gasteiger partial charge < -0.3 is 25.0 Å². The number of ether oxygens (including phenoxy) is 2. The van der Waals surface area contributed by atoms with Crippen molar-refractivity contribution < 1.29 is 47.2 Å². The quantitative estimate of drug-likeness (QED) is 0.115. The van der Waals surface area contributed by atoms with Crippen molar-refractivity contribution in [2.24, 2.45) is 0 Å². The van der Waals surface area contributed by atoms with E-state index in [0.29, 0.717) is 56.5 Å². The highest BCUT2D eigenvalue weighted by atomic mass is 19.4. The monoisotopic (exact) mass is 678 g/mol. The molecule has 12 heteroatoms. The summed E-state index contributed by atoms with van der Waals surface area (Å²) in [5.74, 6) is -1.24. The Balaban J connectivity index is 0.000000804. The molecule has 0 aromatic heterocycles. The molecule has 48 heavy (non-hydrogen) atoms. The van der Waals surface area contributed by atoms with E-state index in [4.69, 9.17) is 19.4 Å². The van der Waals surface area contributed by atoms with E-state index >= 15 is 0 Å². The van der Waals surface area contributed by atoms with Crippen molar-refractivity contribution in [1.82, 2.24) is 10.2 Å². The van der Waals surface area contributed by atoms with Crippen molar-refractivity contribution in [3.8, 4) is 11.5 Å². The third-order valence-corrected chi connectivity index (χ3v) is 8.94. The van der Waals surface area contributed by atoms with Crippen LogP contribution >= 0.6 is 0 Å². The van der Waals surface area contributed by atoms with E-state index in [1.54, 1.807) is 31.4 Å². The first-order valence-corrected chi connectivity index (χ1v) is 16.9. The molecular formula is C36H49F3N2O7. The van der Waals surface area contributed by atoms with E-state index in [1.807, 2.05) is 24.3 Å². The lowest BCUT2D eigenvalue weighted by atomic mass is 10.0. The number of carboxylic acids is 1. The highest BCUT2D eigenvalue weighted by Gasteiger charge is 2.41. The molecule has 3 N–H and O–H groups in total. The summed E-state index contributed by atoms with van der Waals surface area (Å²) < 4.78 is 42.8. The molecule has 2 aromatic carbocycles. The maximum Gasteiger partial charge on any atom is 0.490 e. The Hall–Kier alpha value is -3.64. The molecule has 266 valence electrons. The predicted octanol–water partition coefficient (Wildman–Crippen LogP) is 6.88. The molecule has 4 rings (SSSR count). The summed E-state index contributed by atoms with van der Waals surface area (Å²) >= 11 is 0. The fourth-order valence-electron chi connectivity index (χ4n) is 6.25. The van der Waals surface area contributed by atoms with E-state index in [0.717, 1.165) is 23.5 Å². The third-order valence-electron chi connectivity index (χ3n) is 8.94. The van der Waals surface area contributed by atoms with E-state index < -0.39 is 24.3 Å². The molecule has 2 aromatic rings. The number of alkyl halides is 3. The molecule has 2 aliphatic heterocycles. The Morgan fingerprint density at radius 2 is 1.44 bits per heavy atom. The number of rotatable bonds is 18. The van der Waals surface area contributed by atoms with Crippen LogP contribution in [0.3, 0.4) is 0 Å². The normalized spacial score (nSPS) is 18.4. The Morgan fingerprint density at radius 1 is 0.875 bits per heavy atom. The van der Waals surface area contributed by atoms with Gasteiger partial charge in [0.25, 0.3) is 0 Å². The Bertz CT molecular complexity index is 1270. The van der Waals surface area contributed by atoms with Crippen LogP contribution in [0.2, 0.25) is 0 Å². The number of aliphatic hydroxyl groups is 1. The molecule has 9 nitrogen and oxygen atoms in total. The van der Waals surface area contributed by atoms with Gasteiger partial charge in [0.1, 0.15) is 17.6 Å². The number of amides is 1. The summed E-state index contributed by atoms with van der Waals surface area (Å²) in [5.41, 5.74) is 1.44. The van der Waals surface area contributed by atoms with Crippen LogP contribution in [0.15, 0.2) is 48.5 Å². The SMILES string of the molecule is CCCCCCOc1ccc([C@@H](O)[C@@H](CN2C3CCC2CC3)NC(=O)CCCCC(=O)c2ccc(OC)cc2)cc1.O=C(O)C(F)(F)F. The highest BCUT2D eigenvalue weighted by molar-refractivity contribution is 5.96. The zero-order chi connectivity index (χ0) is 35.1. The number of benzene rings is 2. The first kappa shape index (κ1) is 38.8. The van der Waals surface area contributed by atoms with Gasteiger partial charge in [-0.2, -0.15) is 13.2 Å². The lowest BCUT2D eigenvalue weighted by Crippen LogP contribution is -2.48. The van der Waals surface area contributed by atoms with Gasteiger partial charge in [0.15, 0.2) is 5.78 Å². The van der Waals surface area contributed by atoms with Crippen LogP contribution in [-0.2, 0) is 9.59 Å². The van der Waals surface area contributed by atoms with Gasteiger partial charge in [-0.1, -0.05) is 38.3 Å². The number of halogens is 3. The molecule has 0 radical (unpaired) electrons. The van der Waals surface area contributed by atoms with Gasteiger partial charge in [0.2, 0.25) is 5.91 Å². The Morgan fingerprint density at radius 3 is 1.98 bits per heavy atom. The summed E-state index contributed by atoms with van der Waals surface area (Å²) in [6.45, 7) is 3.54. The van der Waals surface area contributed by atoms with E-state index in [1.165, 1.54) is 44.9 Å². The molecule has 2 aliphatic rings. The van der Waals surface area contributed by atoms with Crippen LogP contribution < -0.4 is 14.8 Å². The van der Waals surface area contributed by atoms with Crippen molar-refractivity contribution in [3.63, 3.8) is 0 Å². The number of aliphatic hydroxyl groups excluding tert-OH is 1. The second-order valence-electron chi connectivity index (χ2n) is 12.4. The maximum absolute atomic E-state index is 13.0. The first-order chi connectivity index (χ1) is 22.9. The second-order valence-corrected chi connectivity index (χ2v) is 12.4. The lowest BCUT2D eigenvalue weighted by Gasteiger charge is -2.31. The molecule has 2 bridgehead atoms. The first-order valence-electron chi connectivity index (χ1n) is 16.9. The van der Waals surface area contributed by atoms with Crippen molar-refractivity contribution in [2.75, 3.05) is 20.3 Å². The minimum Gasteiger partial charge on any atom is -0.497 e. The summed E-state index contributed by atoms with van der Waals surface area (Å²) in [5, 5.41) is 21.7. The highest BCUT2D eigenvalue weighted by Crippen LogP contribution is 2.38. The number of carbonyl (C=O) groups is 3. The van der Waals surface area contributed by atoms with Crippen LogP contribution in [-0.4, -0.2) is 77.3 Å². The van der Waals surface area contributed by atoms with Crippen LogP contribution in [0.1, 0.15) is 106 Å². The molecular weight excluding hydrogens is 629 g/mol. The van der Waals surface area contributed by atoms with E-state index in [-0.39, 0.29) is 11.7 Å². The molecule has 0 saturated carbocycles. The molecule has 0 spiro atoms. The zero-order valence-electron chi connectivity index (χ0n) is 27.8. The number of fused-ring (bicyclic) bond motifs is 2. The average molecular weight is 679 g/mol. The number of carbonyl (C=O) groups excluding carboxylic acids is 2. The summed E-state index contributed by atoms with van der Waals surface area (Å²) in [6, 6.07) is 15.5. The van der Waals surface area contributed by atoms with Crippen LogP contribution in [0.25, 0.3) is 0 Å². The van der Waals surface area contributed by atoms with Gasteiger partial charge in [0.05, 0.1) is 19.8 Å². The van der Waals surface area contributed by atoms with Gasteiger partial charge in [-0.05, 0) is 86.9 Å². The third kappa shape index (κ3) is 12.4. The fourth-order valence-corrected chi connectivity index (χ4v) is 6.25. The van der Waals surface area contributed by atoms with Crippen LogP contribution in [0.4, 0.5) is 13.2 Å². The maximum atomic E-state index is 13.0. The number of nitrogens with one attached hydrogen (secondary N) is 1. The fraction of sp³-hybridized carbons (Fsp3) is 0.583. The number of unbranched alkanes of at least 4 members (excludes halogenated alkanes) is 4. The van der Waals surface area contributed by atoms with Gasteiger partial charge in [0, 0.05) is 37.0 Å². The summed E-state index contributed by atoms with van der Waals surface area (Å²) in [7, 11) is 1.60. The van der Waals surface area contributed by atoms with Gasteiger partial charge in [-0.15, -0.1) is 0 Å². The smallest absolute Gasteiger partial charge is 0.490 e. The largest absolute Gasteiger partial charge is 0.497 e. The van der Waals surface area contributed by atoms with Gasteiger partial charge >= 0.3 is 12.1 Å². The molecule has 2 saturated heterocycles. The number of nitrogens with zero attached hydrogens (tertiary/aromatic N) is 1. The zero-order valence-corrected chi connectivity index (χ0v) is 27.8. The van der Waals surface area contributed by atoms with Crippen molar-refractivity contribution in [1.29, 1.82) is 0 Å². The minimum absolute atomic E-state index is 0.0688. The summed E-state index contributed by atoms with van der Waals surface area (Å²) in [4.78, 5) is 36.9. The predicted molar refractivity (Wildman–Crippen MR) is 175 cm³/mol. The number of hydrogen-bond acceptors (Lipinski definition) is 7. The molecule has 2 fully saturated rings. The molecule has 2 heterocycles. The summed E-state index contributed by atoms with van der Waals surface area (Å²) in [6.07, 6.45) is 5.55. The number of carboxylic acid groups (broad SMARTS) is 1. The van der Waals surface area contributed by atoms with Crippen molar-refractivity contribution in [2.45, 2.75) is 114 Å². The number of Topliss-reactive ketones (excluding diaryl/α,β-unsaturated/α-hetero) is 1. The number of aliphatic carboxylic acids is 1. The number of hydrogen-bond donors (Lipinski definition) is 3. The average Bonchev–Trinajstić information content (AvgIpc) is 3.65. The lowest BCUT2D eigenvalue weighted by molar-refractivity contribution is -0.192. The van der Waals surface area contributed by atoms with Gasteiger partial charge in [-0.25, -0.2) is 4.79 Å². The Kier molecular flexibility index (Phi) is 15.7. The van der Waals surface area contributed by atoms with Crippen LogP contribution in [0.5, 0.6) is 11.5 Å². The number of methoxy groups -OCH3 is 1. The second kappa shape index (κ2) is 19.4.